The van der Waals surface area contributed by atoms with Crippen LogP contribution in [0.1, 0.15) is 57.1 Å². The van der Waals surface area contributed by atoms with Gasteiger partial charge in [-0.25, -0.2) is 0 Å². The maximum atomic E-state index is 6.29. The van der Waals surface area contributed by atoms with Crippen LogP contribution in [-0.2, 0) is 5.41 Å². The van der Waals surface area contributed by atoms with Crippen molar-refractivity contribution < 1.29 is 4.42 Å². The van der Waals surface area contributed by atoms with E-state index in [1.807, 2.05) is 0 Å². The Morgan fingerprint density at radius 1 is 0.842 bits per heavy atom. The Balaban J connectivity index is 1.30. The molecule has 3 aromatic carbocycles. The molecule has 5 unspecified atom stereocenters. The molecule has 0 saturated heterocycles. The Labute approximate surface area is 233 Å². The molecule has 2 bridgehead atoms. The zero-order chi connectivity index (χ0) is 25.6. The molecular weight excluding hydrogens is 528 g/mol. The van der Waals surface area contributed by atoms with E-state index in [-0.39, 0.29) is 5.41 Å². The Morgan fingerprint density at radius 3 is 2.53 bits per heavy atom. The molecule has 4 aliphatic rings. The van der Waals surface area contributed by atoms with E-state index in [4.69, 9.17) is 4.42 Å². The van der Waals surface area contributed by atoms with Crippen LogP contribution in [0.4, 0.5) is 0 Å². The molecule has 4 aliphatic carbocycles. The highest BCUT2D eigenvalue weighted by molar-refractivity contribution is 9.10. The van der Waals surface area contributed by atoms with Crippen LogP contribution in [0.15, 0.2) is 93.4 Å². The molecule has 0 radical (unpaired) electrons. The smallest absolute Gasteiger partial charge is 0.136 e. The lowest BCUT2D eigenvalue weighted by Crippen LogP contribution is -2.49. The minimum atomic E-state index is 0.160. The maximum absolute atomic E-state index is 6.29. The van der Waals surface area contributed by atoms with E-state index in [2.05, 4.69) is 109 Å². The predicted molar refractivity (Wildman–Crippen MR) is 162 cm³/mol. The third kappa shape index (κ3) is 3.16. The van der Waals surface area contributed by atoms with Crippen LogP contribution in [0.3, 0.4) is 0 Å². The van der Waals surface area contributed by atoms with Crippen LogP contribution in [-0.4, -0.2) is 0 Å². The second kappa shape index (κ2) is 8.33. The van der Waals surface area contributed by atoms with Gasteiger partial charge in [0, 0.05) is 20.7 Å². The first-order valence-corrected chi connectivity index (χ1v) is 15.2. The van der Waals surface area contributed by atoms with Crippen LogP contribution in [0.25, 0.3) is 38.6 Å². The van der Waals surface area contributed by atoms with E-state index in [1.54, 1.807) is 11.1 Å². The number of rotatable bonds is 1. The summed E-state index contributed by atoms with van der Waals surface area (Å²) in [6.45, 7) is 5.05. The summed E-state index contributed by atoms with van der Waals surface area (Å²) in [5, 5.41) is 2.34. The third-order valence-corrected chi connectivity index (χ3v) is 10.8. The average molecular weight is 562 g/mol. The third-order valence-electron chi connectivity index (χ3n) is 10.3. The van der Waals surface area contributed by atoms with Gasteiger partial charge in [0.1, 0.15) is 11.2 Å². The van der Waals surface area contributed by atoms with Gasteiger partial charge in [0.05, 0.1) is 0 Å². The Bertz CT molecular complexity index is 1710. The zero-order valence-electron chi connectivity index (χ0n) is 22.1. The van der Waals surface area contributed by atoms with E-state index in [0.29, 0.717) is 5.92 Å². The van der Waals surface area contributed by atoms with Crippen molar-refractivity contribution in [2.75, 3.05) is 0 Å². The molecule has 8 rings (SSSR count). The molecule has 0 N–H and O–H groups in total. The molecule has 0 aliphatic heterocycles. The number of hydrogen-bond donors (Lipinski definition) is 0. The van der Waals surface area contributed by atoms with Crippen LogP contribution in [0.5, 0.6) is 0 Å². The van der Waals surface area contributed by atoms with Crippen molar-refractivity contribution in [1.29, 1.82) is 0 Å². The monoisotopic (exact) mass is 560 g/mol. The fourth-order valence-electron chi connectivity index (χ4n) is 9.01. The van der Waals surface area contributed by atoms with Crippen molar-refractivity contribution in [3.8, 4) is 11.1 Å². The number of allylic oxidation sites excluding steroid dienone is 6. The predicted octanol–water partition coefficient (Wildman–Crippen LogP) is 10.6. The lowest BCUT2D eigenvalue weighted by Gasteiger charge is -2.54. The first-order chi connectivity index (χ1) is 18.5. The number of furan rings is 1. The Hall–Kier alpha value is -2.84. The van der Waals surface area contributed by atoms with Crippen LogP contribution in [0.2, 0.25) is 0 Å². The van der Waals surface area contributed by atoms with Gasteiger partial charge < -0.3 is 4.42 Å². The van der Waals surface area contributed by atoms with Crippen LogP contribution < -0.4 is 0 Å². The molecule has 1 nitrogen and oxygen atoms in total. The van der Waals surface area contributed by atoms with E-state index >= 15 is 0 Å². The summed E-state index contributed by atoms with van der Waals surface area (Å²) >= 11 is 3.58. The lowest BCUT2D eigenvalue weighted by atomic mass is 9.49. The highest BCUT2D eigenvalue weighted by Gasteiger charge is 2.57. The minimum Gasteiger partial charge on any atom is -0.456 e. The summed E-state index contributed by atoms with van der Waals surface area (Å²) in [7, 11) is 0. The lowest BCUT2D eigenvalue weighted by molar-refractivity contribution is 0.0424. The molecule has 1 spiro atoms. The molecule has 2 heteroatoms. The van der Waals surface area contributed by atoms with Crippen molar-refractivity contribution in [2.24, 2.45) is 23.7 Å². The Kier molecular flexibility index (Phi) is 5.06. The standard InChI is InChI=1S/C36H33BrO/c1-21-14-23-16-22(2)36(26(15-21)17-23)32-7-5-3-4-6-28(32)31-18-24(9-13-33(31)36)25-8-11-29-30-12-10-27(37)20-35(30)38-34(29)19-25/h3-4,6-13,18-23,26H,5,14-17H2,1-2H3. The van der Waals surface area contributed by atoms with Gasteiger partial charge in [-0.1, -0.05) is 72.3 Å². The second-order valence-corrected chi connectivity index (χ2v) is 13.4. The number of hydrogen-bond acceptors (Lipinski definition) is 1. The molecule has 190 valence electrons. The highest BCUT2D eigenvalue weighted by Crippen LogP contribution is 2.65. The van der Waals surface area contributed by atoms with Gasteiger partial charge in [0.15, 0.2) is 0 Å². The maximum Gasteiger partial charge on any atom is 0.136 e. The normalized spacial score (nSPS) is 29.8. The summed E-state index contributed by atoms with van der Waals surface area (Å²) in [5.41, 5.74) is 10.7. The molecule has 1 heterocycles. The topological polar surface area (TPSA) is 13.1 Å². The van der Waals surface area contributed by atoms with Crippen LogP contribution >= 0.6 is 15.9 Å². The fourth-order valence-corrected chi connectivity index (χ4v) is 9.35. The van der Waals surface area contributed by atoms with E-state index in [1.165, 1.54) is 58.7 Å². The van der Waals surface area contributed by atoms with Gasteiger partial charge >= 0.3 is 0 Å². The van der Waals surface area contributed by atoms with Gasteiger partial charge in [-0.05, 0) is 126 Å². The van der Waals surface area contributed by atoms with Gasteiger partial charge in [0.2, 0.25) is 0 Å². The molecule has 4 aromatic rings. The van der Waals surface area contributed by atoms with E-state index in [0.717, 1.165) is 39.8 Å². The van der Waals surface area contributed by atoms with Crippen molar-refractivity contribution >= 4 is 43.4 Å². The minimum absolute atomic E-state index is 0.160. The first-order valence-electron chi connectivity index (χ1n) is 14.4. The Morgan fingerprint density at radius 2 is 1.63 bits per heavy atom. The summed E-state index contributed by atoms with van der Waals surface area (Å²) in [4.78, 5) is 0. The molecule has 2 saturated carbocycles. The highest BCUT2D eigenvalue weighted by atomic mass is 79.9. The molecule has 38 heavy (non-hydrogen) atoms. The van der Waals surface area contributed by atoms with Gasteiger partial charge in [-0.3, -0.25) is 0 Å². The number of benzene rings is 3. The summed E-state index contributed by atoms with van der Waals surface area (Å²) in [5.74, 6) is 3.15. The zero-order valence-corrected chi connectivity index (χ0v) is 23.7. The fraction of sp³-hybridized carbons (Fsp3) is 0.333. The molecular formula is C36H33BrO. The van der Waals surface area contributed by atoms with Crippen LogP contribution in [0, 0.1) is 23.7 Å². The molecule has 1 aromatic heterocycles. The molecule has 2 fully saturated rings. The molecule has 5 atom stereocenters. The van der Waals surface area contributed by atoms with Gasteiger partial charge in [-0.2, -0.15) is 0 Å². The van der Waals surface area contributed by atoms with Gasteiger partial charge in [0.25, 0.3) is 0 Å². The van der Waals surface area contributed by atoms with Crippen molar-refractivity contribution in [3.63, 3.8) is 0 Å². The average Bonchev–Trinajstić information content (AvgIpc) is 3.26. The summed E-state index contributed by atoms with van der Waals surface area (Å²) < 4.78 is 7.33. The summed E-state index contributed by atoms with van der Waals surface area (Å²) in [6, 6.07) is 20.4. The number of halogens is 1. The molecule has 0 amide bonds. The number of fused-ring (bicyclic) bond motifs is 11. The second-order valence-electron chi connectivity index (χ2n) is 12.5. The first kappa shape index (κ1) is 23.1. The SMILES string of the molecule is CC1CC2CC(C)C3(C4=CCC=CC=C4c4cc(-c5ccc6c(c5)oc5cc(Br)ccc56)ccc43)C(C1)C2. The van der Waals surface area contributed by atoms with Crippen molar-refractivity contribution in [2.45, 2.75) is 51.4 Å². The quantitative estimate of drug-likeness (QED) is 0.225. The van der Waals surface area contributed by atoms with Crippen molar-refractivity contribution in [3.05, 3.63) is 100 Å². The van der Waals surface area contributed by atoms with Crippen molar-refractivity contribution in [1.82, 2.24) is 0 Å². The summed E-state index contributed by atoms with van der Waals surface area (Å²) in [6.07, 6.45) is 16.2. The largest absolute Gasteiger partial charge is 0.456 e. The van der Waals surface area contributed by atoms with E-state index < -0.39 is 0 Å². The van der Waals surface area contributed by atoms with E-state index in [9.17, 15) is 0 Å². The van der Waals surface area contributed by atoms with Gasteiger partial charge in [-0.15, -0.1) is 0 Å².